The predicted octanol–water partition coefficient (Wildman–Crippen LogP) is 3.00. The highest BCUT2D eigenvalue weighted by molar-refractivity contribution is 5.97. The van der Waals surface area contributed by atoms with Gasteiger partial charge in [-0.15, -0.1) is 0 Å². The van der Waals surface area contributed by atoms with Crippen LogP contribution in [0.25, 0.3) is 10.9 Å². The van der Waals surface area contributed by atoms with Gasteiger partial charge in [-0.3, -0.25) is 9.59 Å². The van der Waals surface area contributed by atoms with Crippen LogP contribution in [-0.4, -0.2) is 29.6 Å². The molecule has 2 aliphatic carbocycles. The smallest absolute Gasteiger partial charge is 0.257 e. The maximum absolute atomic E-state index is 12.7. The number of aromatic nitrogens is 1. The summed E-state index contributed by atoms with van der Waals surface area (Å²) in [7, 11) is 0. The SMILES string of the molecule is CCO[C@H]1C[C@H](NC(=O)c2c[nH]c3ccccc3c2=O)C12CCCC2. The first kappa shape index (κ1) is 16.3. The van der Waals surface area contributed by atoms with Crippen LogP contribution < -0.4 is 10.7 Å². The molecule has 4 rings (SSSR count). The highest BCUT2D eigenvalue weighted by atomic mass is 16.5. The zero-order valence-corrected chi connectivity index (χ0v) is 14.5. The normalized spacial score (nSPS) is 24.4. The van der Waals surface area contributed by atoms with Crippen molar-refractivity contribution in [3.63, 3.8) is 0 Å². The molecule has 132 valence electrons. The number of amides is 1. The number of aromatic amines is 1. The van der Waals surface area contributed by atoms with Crippen molar-refractivity contribution in [3.05, 3.63) is 46.2 Å². The summed E-state index contributed by atoms with van der Waals surface area (Å²) in [6.45, 7) is 2.72. The van der Waals surface area contributed by atoms with E-state index in [1.54, 1.807) is 6.07 Å². The van der Waals surface area contributed by atoms with Crippen molar-refractivity contribution < 1.29 is 9.53 Å². The van der Waals surface area contributed by atoms with Crippen LogP contribution in [0.1, 0.15) is 49.4 Å². The lowest BCUT2D eigenvalue weighted by molar-refractivity contribution is -0.127. The minimum atomic E-state index is -0.279. The molecule has 0 radical (unpaired) electrons. The van der Waals surface area contributed by atoms with Crippen molar-refractivity contribution in [1.82, 2.24) is 10.3 Å². The van der Waals surface area contributed by atoms with E-state index < -0.39 is 0 Å². The molecule has 2 fully saturated rings. The van der Waals surface area contributed by atoms with E-state index in [4.69, 9.17) is 4.74 Å². The Balaban J connectivity index is 1.57. The number of carbonyl (C=O) groups is 1. The molecule has 1 amide bonds. The standard InChI is InChI=1S/C20H24N2O3/c1-2-25-17-11-16(20(17)9-5-6-10-20)22-19(24)14-12-21-15-8-4-3-7-13(15)18(14)23/h3-4,7-8,12,16-17H,2,5-6,9-11H2,1H3,(H,21,23)(H,22,24)/t16-,17-/m0/s1. The Hall–Kier alpha value is -2.14. The summed E-state index contributed by atoms with van der Waals surface area (Å²) in [6.07, 6.45) is 7.16. The van der Waals surface area contributed by atoms with Crippen LogP contribution in [0.15, 0.2) is 35.3 Å². The molecule has 25 heavy (non-hydrogen) atoms. The van der Waals surface area contributed by atoms with E-state index >= 15 is 0 Å². The zero-order chi connectivity index (χ0) is 17.4. The van der Waals surface area contributed by atoms with Gasteiger partial charge in [-0.05, 0) is 38.3 Å². The Morgan fingerprint density at radius 1 is 1.32 bits per heavy atom. The van der Waals surface area contributed by atoms with E-state index in [1.807, 2.05) is 25.1 Å². The van der Waals surface area contributed by atoms with Crippen molar-refractivity contribution >= 4 is 16.8 Å². The quantitative estimate of drug-likeness (QED) is 0.899. The number of benzene rings is 1. The summed E-state index contributed by atoms with van der Waals surface area (Å²) >= 11 is 0. The first-order valence-electron chi connectivity index (χ1n) is 9.18. The van der Waals surface area contributed by atoms with Gasteiger partial charge < -0.3 is 15.0 Å². The number of pyridine rings is 1. The number of hydrogen-bond acceptors (Lipinski definition) is 3. The Morgan fingerprint density at radius 3 is 2.84 bits per heavy atom. The average molecular weight is 340 g/mol. The third-order valence-electron chi connectivity index (χ3n) is 6.03. The van der Waals surface area contributed by atoms with Crippen LogP contribution in [0, 0.1) is 5.41 Å². The summed E-state index contributed by atoms with van der Waals surface area (Å²) in [5, 5.41) is 3.67. The van der Waals surface area contributed by atoms with Gasteiger partial charge in [-0.1, -0.05) is 25.0 Å². The fraction of sp³-hybridized carbons (Fsp3) is 0.500. The van der Waals surface area contributed by atoms with Crippen molar-refractivity contribution in [2.75, 3.05) is 6.61 Å². The minimum Gasteiger partial charge on any atom is -0.378 e. The molecule has 1 aromatic heterocycles. The van der Waals surface area contributed by atoms with Gasteiger partial charge in [-0.2, -0.15) is 0 Å². The largest absolute Gasteiger partial charge is 0.378 e. The molecule has 2 aromatic rings. The van der Waals surface area contributed by atoms with Gasteiger partial charge in [0.2, 0.25) is 5.43 Å². The van der Waals surface area contributed by atoms with E-state index in [0.717, 1.165) is 24.8 Å². The number of carbonyl (C=O) groups excluding carboxylic acids is 1. The van der Waals surface area contributed by atoms with E-state index in [-0.39, 0.29) is 34.5 Å². The highest BCUT2D eigenvalue weighted by Gasteiger charge is 2.57. The fourth-order valence-electron chi connectivity index (χ4n) is 4.66. The molecular weight excluding hydrogens is 316 g/mol. The van der Waals surface area contributed by atoms with Crippen molar-refractivity contribution in [3.8, 4) is 0 Å². The number of para-hydroxylation sites is 1. The third-order valence-corrected chi connectivity index (χ3v) is 6.03. The summed E-state index contributed by atoms with van der Waals surface area (Å²) in [4.78, 5) is 28.4. The zero-order valence-electron chi connectivity index (χ0n) is 14.5. The number of rotatable bonds is 4. The van der Waals surface area contributed by atoms with Gasteiger partial charge in [0.05, 0.1) is 6.10 Å². The lowest BCUT2D eigenvalue weighted by Crippen LogP contribution is -2.63. The second-order valence-corrected chi connectivity index (χ2v) is 7.22. The van der Waals surface area contributed by atoms with Crippen LogP contribution in [0.2, 0.25) is 0 Å². The molecular formula is C20H24N2O3. The maximum Gasteiger partial charge on any atom is 0.257 e. The number of nitrogens with one attached hydrogen (secondary N) is 2. The first-order valence-corrected chi connectivity index (χ1v) is 9.18. The van der Waals surface area contributed by atoms with Crippen LogP contribution in [0.5, 0.6) is 0 Å². The molecule has 1 aromatic carbocycles. The second-order valence-electron chi connectivity index (χ2n) is 7.22. The van der Waals surface area contributed by atoms with Gasteiger partial charge in [0.15, 0.2) is 0 Å². The van der Waals surface area contributed by atoms with Crippen molar-refractivity contribution in [2.24, 2.45) is 5.41 Å². The van der Waals surface area contributed by atoms with Crippen LogP contribution in [-0.2, 0) is 4.74 Å². The topological polar surface area (TPSA) is 71.2 Å². The summed E-state index contributed by atoms with van der Waals surface area (Å²) in [5.41, 5.74) is 0.783. The van der Waals surface area contributed by atoms with Gasteiger partial charge in [-0.25, -0.2) is 0 Å². The van der Waals surface area contributed by atoms with Crippen LogP contribution in [0.4, 0.5) is 0 Å². The molecule has 2 aliphatic rings. The van der Waals surface area contributed by atoms with Crippen LogP contribution in [0.3, 0.4) is 0 Å². The first-order chi connectivity index (χ1) is 12.2. The molecule has 2 saturated carbocycles. The molecule has 0 unspecified atom stereocenters. The molecule has 2 N–H and O–H groups in total. The highest BCUT2D eigenvalue weighted by Crippen LogP contribution is 2.54. The minimum absolute atomic E-state index is 0.0648. The molecule has 0 bridgehead atoms. The fourth-order valence-corrected chi connectivity index (χ4v) is 4.66. The molecule has 5 heteroatoms. The Bertz CT molecular complexity index is 851. The van der Waals surface area contributed by atoms with E-state index in [2.05, 4.69) is 10.3 Å². The predicted molar refractivity (Wildman–Crippen MR) is 96.8 cm³/mol. The Labute approximate surface area is 146 Å². The average Bonchev–Trinajstić information content (AvgIpc) is 3.14. The number of ether oxygens (including phenoxy) is 1. The molecule has 5 nitrogen and oxygen atoms in total. The molecule has 2 atom stereocenters. The van der Waals surface area contributed by atoms with E-state index in [1.165, 1.54) is 19.0 Å². The van der Waals surface area contributed by atoms with Gasteiger partial charge in [0.1, 0.15) is 5.56 Å². The van der Waals surface area contributed by atoms with Gasteiger partial charge >= 0.3 is 0 Å². The lowest BCUT2D eigenvalue weighted by Gasteiger charge is -2.54. The summed E-state index contributed by atoms with van der Waals surface area (Å²) in [5.74, 6) is -0.279. The molecule has 0 aliphatic heterocycles. The molecule has 0 saturated heterocycles. The monoisotopic (exact) mass is 340 g/mol. The van der Waals surface area contributed by atoms with Gasteiger partial charge in [0.25, 0.3) is 5.91 Å². The van der Waals surface area contributed by atoms with Gasteiger partial charge in [0, 0.05) is 35.2 Å². The van der Waals surface area contributed by atoms with E-state index in [9.17, 15) is 9.59 Å². The second kappa shape index (κ2) is 6.30. The summed E-state index contributed by atoms with van der Waals surface area (Å²) in [6, 6.07) is 7.36. The third kappa shape index (κ3) is 2.58. The van der Waals surface area contributed by atoms with Crippen molar-refractivity contribution in [1.29, 1.82) is 0 Å². The number of fused-ring (bicyclic) bond motifs is 1. The lowest BCUT2D eigenvalue weighted by atomic mass is 9.60. The number of hydrogen-bond donors (Lipinski definition) is 2. The maximum atomic E-state index is 12.7. The van der Waals surface area contributed by atoms with Crippen LogP contribution >= 0.6 is 0 Å². The Morgan fingerprint density at radius 2 is 2.08 bits per heavy atom. The number of H-pyrrole nitrogens is 1. The van der Waals surface area contributed by atoms with Crippen molar-refractivity contribution in [2.45, 2.75) is 51.2 Å². The molecule has 1 spiro atoms. The van der Waals surface area contributed by atoms with E-state index in [0.29, 0.717) is 12.0 Å². The summed E-state index contributed by atoms with van der Waals surface area (Å²) < 4.78 is 5.90. The molecule has 1 heterocycles. The Kier molecular flexibility index (Phi) is 4.12.